The SMILES string of the molecule is CCC(N)(CC)C(=O)Nc1nc2c(Cl)c3nc(NC(=O)C(N)(CC)CC)sc3c(C#N)c2s1.Cl.Cl. The van der Waals surface area contributed by atoms with E-state index < -0.39 is 11.1 Å². The van der Waals surface area contributed by atoms with Gasteiger partial charge in [-0.3, -0.25) is 9.59 Å². The Morgan fingerprint density at radius 2 is 1.23 bits per heavy atom. The molecule has 0 saturated carbocycles. The molecule has 0 fully saturated rings. The van der Waals surface area contributed by atoms with E-state index >= 15 is 0 Å². The Morgan fingerprint density at radius 1 is 0.886 bits per heavy atom. The van der Waals surface area contributed by atoms with Crippen LogP contribution in [0.15, 0.2) is 0 Å². The van der Waals surface area contributed by atoms with Gasteiger partial charge in [0.25, 0.3) is 0 Å². The first-order valence-electron chi connectivity index (χ1n) is 10.6. The number of nitrogens with two attached hydrogens (primary N) is 2. The Labute approximate surface area is 228 Å². The number of hydrogen-bond acceptors (Lipinski definition) is 9. The topological polar surface area (TPSA) is 160 Å². The van der Waals surface area contributed by atoms with Gasteiger partial charge in [0.15, 0.2) is 10.3 Å². The maximum absolute atomic E-state index is 12.6. The highest BCUT2D eigenvalue weighted by Crippen LogP contribution is 2.43. The van der Waals surface area contributed by atoms with Crippen LogP contribution in [0.3, 0.4) is 0 Å². The fourth-order valence-corrected chi connectivity index (χ4v) is 5.67. The van der Waals surface area contributed by atoms with Crippen molar-refractivity contribution in [3.63, 3.8) is 0 Å². The van der Waals surface area contributed by atoms with Crippen LogP contribution in [0.1, 0.15) is 58.9 Å². The minimum atomic E-state index is -1.01. The van der Waals surface area contributed by atoms with Crippen LogP contribution >= 0.6 is 59.1 Å². The molecule has 35 heavy (non-hydrogen) atoms. The number of hydrogen-bond donors (Lipinski definition) is 4. The number of nitrogens with zero attached hydrogens (tertiary/aromatic N) is 3. The molecule has 0 aliphatic rings. The molecule has 1 aromatic carbocycles. The van der Waals surface area contributed by atoms with E-state index in [4.69, 9.17) is 23.1 Å². The van der Waals surface area contributed by atoms with Gasteiger partial charge in [0, 0.05) is 0 Å². The van der Waals surface area contributed by atoms with Crippen LogP contribution in [-0.4, -0.2) is 32.9 Å². The Bertz CT molecular complexity index is 1190. The summed E-state index contributed by atoms with van der Waals surface area (Å²) in [6.45, 7) is 7.38. The van der Waals surface area contributed by atoms with Gasteiger partial charge in [0.05, 0.1) is 31.1 Å². The van der Waals surface area contributed by atoms with Crippen LogP contribution in [0, 0.1) is 11.3 Å². The summed E-state index contributed by atoms with van der Waals surface area (Å²) in [6, 6.07) is 2.19. The zero-order chi connectivity index (χ0) is 24.6. The lowest BCUT2D eigenvalue weighted by Gasteiger charge is -2.24. The van der Waals surface area contributed by atoms with Crippen molar-refractivity contribution in [3.05, 3.63) is 10.6 Å². The standard InChI is InChI=1S/C21H26ClN7O2S2.2ClH/c1-5-20(24,6-2)16(30)28-18-26-12-11(22)13-15(10(9-23)14(12)32-18)33-19(27-13)29-17(31)21(25,7-3)8-4;;/h5-8,24-25H2,1-4H3,(H,26,28,30)(H,27,29,31);2*1H. The Hall–Kier alpha value is -1.78. The number of nitrogens with one attached hydrogen (secondary N) is 2. The third-order valence-electron chi connectivity index (χ3n) is 6.11. The summed E-state index contributed by atoms with van der Waals surface area (Å²) < 4.78 is 1.05. The monoisotopic (exact) mass is 579 g/mol. The molecule has 2 heterocycles. The summed E-state index contributed by atoms with van der Waals surface area (Å²) >= 11 is 8.88. The van der Waals surface area contributed by atoms with E-state index in [1.54, 1.807) is 0 Å². The average Bonchev–Trinajstić information content (AvgIpc) is 3.42. The zero-order valence-electron chi connectivity index (χ0n) is 19.7. The van der Waals surface area contributed by atoms with Gasteiger partial charge in [0.2, 0.25) is 11.8 Å². The molecule has 6 N–H and O–H groups in total. The van der Waals surface area contributed by atoms with Crippen LogP contribution in [0.25, 0.3) is 20.4 Å². The van der Waals surface area contributed by atoms with E-state index in [1.165, 1.54) is 0 Å². The predicted octanol–water partition coefficient (Wildman–Crippen LogP) is 5.19. The lowest BCUT2D eigenvalue weighted by atomic mass is 9.93. The number of fused-ring (bicyclic) bond motifs is 2. The average molecular weight is 581 g/mol. The molecule has 2 aromatic heterocycles. The lowest BCUT2D eigenvalue weighted by molar-refractivity contribution is -0.122. The van der Waals surface area contributed by atoms with Crippen LogP contribution < -0.4 is 22.1 Å². The number of amides is 2. The summed E-state index contributed by atoms with van der Waals surface area (Å²) in [5.74, 6) is -0.688. The number of halogens is 3. The molecule has 0 aliphatic heterocycles. The van der Waals surface area contributed by atoms with Crippen molar-refractivity contribution in [3.8, 4) is 6.07 Å². The highest BCUT2D eigenvalue weighted by Gasteiger charge is 2.32. The number of thiazole rings is 2. The first kappa shape index (κ1) is 31.3. The second-order valence-corrected chi connectivity index (χ2v) is 10.2. The molecule has 0 atom stereocenters. The summed E-state index contributed by atoms with van der Waals surface area (Å²) in [4.78, 5) is 34.2. The van der Waals surface area contributed by atoms with Crippen LogP contribution in [0.4, 0.5) is 10.3 Å². The van der Waals surface area contributed by atoms with Crippen molar-refractivity contribution in [2.75, 3.05) is 10.6 Å². The second kappa shape index (κ2) is 12.0. The molecule has 0 spiro atoms. The number of anilines is 2. The molecule has 3 aromatic rings. The van der Waals surface area contributed by atoms with Crippen molar-refractivity contribution in [2.24, 2.45) is 11.5 Å². The van der Waals surface area contributed by atoms with Crippen molar-refractivity contribution < 1.29 is 9.59 Å². The number of carbonyl (C=O) groups is 2. The van der Waals surface area contributed by atoms with Gasteiger partial charge in [0.1, 0.15) is 17.1 Å². The zero-order valence-corrected chi connectivity index (χ0v) is 23.7. The summed E-state index contributed by atoms with van der Waals surface area (Å²) in [6.07, 6.45) is 1.88. The molecule has 14 heteroatoms. The normalized spacial score (nSPS) is 11.5. The summed E-state index contributed by atoms with van der Waals surface area (Å²) in [7, 11) is 0. The number of aromatic nitrogens is 2. The Balaban J connectivity index is 0.00000306. The van der Waals surface area contributed by atoms with Gasteiger partial charge in [-0.05, 0) is 25.7 Å². The van der Waals surface area contributed by atoms with E-state index in [2.05, 4.69) is 26.7 Å². The van der Waals surface area contributed by atoms with Gasteiger partial charge >= 0.3 is 0 Å². The number of nitriles is 1. The van der Waals surface area contributed by atoms with E-state index in [-0.39, 0.29) is 41.7 Å². The van der Waals surface area contributed by atoms with Gasteiger partial charge in [-0.2, -0.15) is 5.26 Å². The third kappa shape index (κ3) is 5.64. The van der Waals surface area contributed by atoms with Crippen LogP contribution in [-0.2, 0) is 9.59 Å². The maximum atomic E-state index is 12.6. The largest absolute Gasteiger partial charge is 0.317 e. The lowest BCUT2D eigenvalue weighted by Crippen LogP contribution is -2.50. The van der Waals surface area contributed by atoms with E-state index in [9.17, 15) is 14.9 Å². The smallest absolute Gasteiger partial charge is 0.246 e. The first-order valence-corrected chi connectivity index (χ1v) is 12.6. The summed E-state index contributed by atoms with van der Waals surface area (Å²) in [5.41, 5.74) is 11.4. The molecular formula is C21H28Cl3N7O2S2. The molecule has 0 unspecified atom stereocenters. The first-order chi connectivity index (χ1) is 15.6. The molecule has 9 nitrogen and oxygen atoms in total. The predicted molar refractivity (Wildman–Crippen MR) is 149 cm³/mol. The summed E-state index contributed by atoms with van der Waals surface area (Å²) in [5, 5.41) is 16.2. The second-order valence-electron chi connectivity index (χ2n) is 7.83. The number of carbonyl (C=O) groups excluding carboxylic acids is 2. The van der Waals surface area contributed by atoms with Crippen LogP contribution in [0.2, 0.25) is 5.02 Å². The highest BCUT2D eigenvalue weighted by molar-refractivity contribution is 7.25. The Kier molecular flexibility index (Phi) is 10.7. The van der Waals surface area contributed by atoms with Gasteiger partial charge < -0.3 is 22.1 Å². The Morgan fingerprint density at radius 3 is 1.51 bits per heavy atom. The highest BCUT2D eigenvalue weighted by atomic mass is 35.5. The van der Waals surface area contributed by atoms with E-state index in [0.717, 1.165) is 22.7 Å². The van der Waals surface area contributed by atoms with E-state index in [0.29, 0.717) is 61.9 Å². The molecule has 0 aliphatic carbocycles. The van der Waals surface area contributed by atoms with Gasteiger partial charge in [-0.25, -0.2) is 9.97 Å². The van der Waals surface area contributed by atoms with Crippen molar-refractivity contribution in [2.45, 2.75) is 64.5 Å². The fraction of sp³-hybridized carbons (Fsp3) is 0.476. The van der Waals surface area contributed by atoms with Crippen LogP contribution in [0.5, 0.6) is 0 Å². The van der Waals surface area contributed by atoms with Crippen molar-refractivity contribution in [1.82, 2.24) is 9.97 Å². The fourth-order valence-electron chi connectivity index (χ4n) is 3.29. The van der Waals surface area contributed by atoms with Gasteiger partial charge in [-0.15, -0.1) is 24.8 Å². The molecule has 0 bridgehead atoms. The molecule has 192 valence electrons. The van der Waals surface area contributed by atoms with E-state index in [1.807, 2.05) is 27.7 Å². The van der Waals surface area contributed by atoms with Crippen molar-refractivity contribution in [1.29, 1.82) is 5.26 Å². The molecule has 0 saturated heterocycles. The number of rotatable bonds is 8. The quantitative estimate of drug-likeness (QED) is 0.285. The third-order valence-corrected chi connectivity index (χ3v) is 8.44. The minimum Gasteiger partial charge on any atom is -0.317 e. The van der Waals surface area contributed by atoms with Gasteiger partial charge in [-0.1, -0.05) is 62.0 Å². The maximum Gasteiger partial charge on any atom is 0.246 e. The molecule has 0 radical (unpaired) electrons. The molecule has 2 amide bonds. The number of benzene rings is 1. The molecule has 3 rings (SSSR count). The molecular weight excluding hydrogens is 553 g/mol. The minimum absolute atomic E-state index is 0. The van der Waals surface area contributed by atoms with Crippen molar-refractivity contribution >= 4 is 102 Å².